The third-order valence-corrected chi connectivity index (χ3v) is 2.61. The molecule has 1 aromatic heterocycles. The molecule has 0 aliphatic rings. The van der Waals surface area contributed by atoms with Crippen LogP contribution in [0, 0.1) is 21.7 Å². The number of benzene rings is 1. The maximum absolute atomic E-state index is 13.6. The lowest BCUT2D eigenvalue weighted by Gasteiger charge is -2.08. The SMILES string of the molecule is CC(O)c1ccc(Oc2cc(F)c([N+](=O)[O-])cc2F)cn1. The Hall–Kier alpha value is -2.61. The van der Waals surface area contributed by atoms with E-state index in [2.05, 4.69) is 4.98 Å². The molecule has 21 heavy (non-hydrogen) atoms. The van der Waals surface area contributed by atoms with Crippen LogP contribution in [-0.4, -0.2) is 15.0 Å². The van der Waals surface area contributed by atoms with Gasteiger partial charge in [0.2, 0.25) is 5.82 Å². The summed E-state index contributed by atoms with van der Waals surface area (Å²) < 4.78 is 32.1. The molecule has 1 atom stereocenters. The van der Waals surface area contributed by atoms with Crippen LogP contribution >= 0.6 is 0 Å². The second kappa shape index (κ2) is 5.80. The summed E-state index contributed by atoms with van der Waals surface area (Å²) in [5.74, 6) is -2.66. The molecular formula is C13H10F2N2O4. The summed E-state index contributed by atoms with van der Waals surface area (Å²) in [6.45, 7) is 1.52. The highest BCUT2D eigenvalue weighted by molar-refractivity contribution is 5.41. The number of aliphatic hydroxyl groups excluding tert-OH is 1. The average molecular weight is 296 g/mol. The third kappa shape index (κ3) is 3.29. The fraction of sp³-hybridized carbons (Fsp3) is 0.154. The van der Waals surface area contributed by atoms with Crippen LogP contribution in [0.25, 0.3) is 0 Å². The summed E-state index contributed by atoms with van der Waals surface area (Å²) >= 11 is 0. The zero-order valence-electron chi connectivity index (χ0n) is 10.8. The molecule has 1 N–H and O–H groups in total. The van der Waals surface area contributed by atoms with Crippen molar-refractivity contribution in [1.29, 1.82) is 0 Å². The van der Waals surface area contributed by atoms with Gasteiger partial charge in [-0.15, -0.1) is 0 Å². The fourth-order valence-corrected chi connectivity index (χ4v) is 1.56. The van der Waals surface area contributed by atoms with Crippen molar-refractivity contribution in [2.75, 3.05) is 0 Å². The fourth-order valence-electron chi connectivity index (χ4n) is 1.56. The van der Waals surface area contributed by atoms with Crippen molar-refractivity contribution in [3.63, 3.8) is 0 Å². The zero-order valence-corrected chi connectivity index (χ0v) is 10.8. The second-order valence-corrected chi connectivity index (χ2v) is 4.19. The Kier molecular flexibility index (Phi) is 4.08. The van der Waals surface area contributed by atoms with Crippen molar-refractivity contribution in [3.05, 3.63) is 57.9 Å². The molecule has 1 aromatic carbocycles. The van der Waals surface area contributed by atoms with E-state index in [0.717, 1.165) is 0 Å². The predicted octanol–water partition coefficient (Wildman–Crippen LogP) is 3.11. The molecule has 1 heterocycles. The van der Waals surface area contributed by atoms with Crippen molar-refractivity contribution in [3.8, 4) is 11.5 Å². The van der Waals surface area contributed by atoms with E-state index in [4.69, 9.17) is 4.74 Å². The molecule has 110 valence electrons. The molecule has 6 nitrogen and oxygen atoms in total. The van der Waals surface area contributed by atoms with E-state index in [9.17, 15) is 24.0 Å². The number of hydrogen-bond acceptors (Lipinski definition) is 5. The van der Waals surface area contributed by atoms with E-state index in [1.54, 1.807) is 0 Å². The molecule has 0 saturated heterocycles. The van der Waals surface area contributed by atoms with Crippen molar-refractivity contribution in [2.45, 2.75) is 13.0 Å². The first-order valence-electron chi connectivity index (χ1n) is 5.84. The summed E-state index contributed by atoms with van der Waals surface area (Å²) in [5, 5.41) is 19.8. The van der Waals surface area contributed by atoms with Gasteiger partial charge < -0.3 is 9.84 Å². The standard InChI is InChI=1S/C13H10F2N2O4/c1-7(18)11-3-2-8(6-16-11)21-13-5-9(14)12(17(19)20)4-10(13)15/h2-7,18H,1H3. The minimum absolute atomic E-state index is 0.103. The number of nitrogens with zero attached hydrogens (tertiary/aromatic N) is 2. The van der Waals surface area contributed by atoms with Crippen molar-refractivity contribution < 1.29 is 23.5 Å². The monoisotopic (exact) mass is 296 g/mol. The summed E-state index contributed by atoms with van der Waals surface area (Å²) in [6.07, 6.45) is 0.452. The van der Waals surface area contributed by atoms with Gasteiger partial charge in [0.05, 0.1) is 29.0 Å². The smallest absolute Gasteiger partial charge is 0.307 e. The summed E-state index contributed by atoms with van der Waals surface area (Å²) in [7, 11) is 0. The number of halogens is 2. The van der Waals surface area contributed by atoms with E-state index in [0.29, 0.717) is 17.8 Å². The normalized spacial score (nSPS) is 12.0. The molecule has 0 radical (unpaired) electrons. The maximum atomic E-state index is 13.6. The largest absolute Gasteiger partial charge is 0.453 e. The lowest BCUT2D eigenvalue weighted by Crippen LogP contribution is -1.98. The number of aromatic nitrogens is 1. The topological polar surface area (TPSA) is 85.5 Å². The lowest BCUT2D eigenvalue weighted by molar-refractivity contribution is -0.387. The molecule has 0 spiro atoms. The number of aliphatic hydroxyl groups is 1. The minimum Gasteiger partial charge on any atom is -0.453 e. The summed E-state index contributed by atoms with van der Waals surface area (Å²) in [4.78, 5) is 13.3. The second-order valence-electron chi connectivity index (χ2n) is 4.19. The van der Waals surface area contributed by atoms with Crippen LogP contribution in [0.1, 0.15) is 18.7 Å². The quantitative estimate of drug-likeness (QED) is 0.692. The number of pyridine rings is 1. The highest BCUT2D eigenvalue weighted by atomic mass is 19.1. The first kappa shape index (κ1) is 14.8. The number of hydrogen-bond donors (Lipinski definition) is 1. The Morgan fingerprint density at radius 1 is 1.33 bits per heavy atom. The van der Waals surface area contributed by atoms with Crippen LogP contribution in [0.3, 0.4) is 0 Å². The molecule has 1 unspecified atom stereocenters. The Balaban J connectivity index is 2.27. The highest BCUT2D eigenvalue weighted by Crippen LogP contribution is 2.30. The number of ether oxygens (including phenoxy) is 1. The van der Waals surface area contributed by atoms with Crippen molar-refractivity contribution in [1.82, 2.24) is 4.98 Å². The Morgan fingerprint density at radius 3 is 2.57 bits per heavy atom. The van der Waals surface area contributed by atoms with Crippen LogP contribution < -0.4 is 4.74 Å². The van der Waals surface area contributed by atoms with Gasteiger partial charge in [-0.05, 0) is 19.1 Å². The van der Waals surface area contributed by atoms with E-state index >= 15 is 0 Å². The molecular weight excluding hydrogens is 286 g/mol. The van der Waals surface area contributed by atoms with Crippen LogP contribution in [0.5, 0.6) is 11.5 Å². The van der Waals surface area contributed by atoms with Gasteiger partial charge in [0.1, 0.15) is 5.75 Å². The molecule has 0 aliphatic heterocycles. The van der Waals surface area contributed by atoms with Gasteiger partial charge in [-0.3, -0.25) is 15.1 Å². The van der Waals surface area contributed by atoms with Gasteiger partial charge >= 0.3 is 5.69 Å². The van der Waals surface area contributed by atoms with Crippen molar-refractivity contribution >= 4 is 5.69 Å². The Bertz CT molecular complexity index is 675. The number of rotatable bonds is 4. The molecule has 0 bridgehead atoms. The van der Waals surface area contributed by atoms with Crippen LogP contribution in [0.2, 0.25) is 0 Å². The summed E-state index contributed by atoms with van der Waals surface area (Å²) in [5.41, 5.74) is -0.583. The minimum atomic E-state index is -1.20. The Labute approximate surface area is 117 Å². The Morgan fingerprint density at radius 2 is 2.05 bits per heavy atom. The number of nitro benzene ring substituents is 1. The van der Waals surface area contributed by atoms with E-state index in [1.165, 1.54) is 25.3 Å². The predicted molar refractivity (Wildman–Crippen MR) is 68.0 cm³/mol. The number of nitro groups is 1. The average Bonchev–Trinajstić information content (AvgIpc) is 2.42. The maximum Gasteiger partial charge on any atom is 0.307 e. The van der Waals surface area contributed by atoms with Gasteiger partial charge in [0.25, 0.3) is 0 Å². The summed E-state index contributed by atoms with van der Waals surface area (Å²) in [6, 6.07) is 3.91. The van der Waals surface area contributed by atoms with E-state index < -0.39 is 34.1 Å². The van der Waals surface area contributed by atoms with E-state index in [-0.39, 0.29) is 5.75 Å². The third-order valence-electron chi connectivity index (χ3n) is 2.61. The van der Waals surface area contributed by atoms with Crippen LogP contribution in [0.4, 0.5) is 14.5 Å². The lowest BCUT2D eigenvalue weighted by atomic mass is 10.2. The van der Waals surface area contributed by atoms with Gasteiger partial charge in [0.15, 0.2) is 11.6 Å². The van der Waals surface area contributed by atoms with Crippen LogP contribution in [0.15, 0.2) is 30.5 Å². The van der Waals surface area contributed by atoms with Gasteiger partial charge in [-0.25, -0.2) is 4.39 Å². The molecule has 0 aliphatic carbocycles. The first-order chi connectivity index (χ1) is 9.88. The molecule has 2 aromatic rings. The van der Waals surface area contributed by atoms with Gasteiger partial charge in [0, 0.05) is 6.07 Å². The van der Waals surface area contributed by atoms with E-state index in [1.807, 2.05) is 0 Å². The van der Waals surface area contributed by atoms with Gasteiger partial charge in [-0.1, -0.05) is 0 Å². The highest BCUT2D eigenvalue weighted by Gasteiger charge is 2.19. The molecule has 0 amide bonds. The van der Waals surface area contributed by atoms with Crippen molar-refractivity contribution in [2.24, 2.45) is 0 Å². The molecule has 2 rings (SSSR count). The first-order valence-corrected chi connectivity index (χ1v) is 5.84. The molecule has 0 saturated carbocycles. The van der Waals surface area contributed by atoms with Crippen LogP contribution in [-0.2, 0) is 0 Å². The van der Waals surface area contributed by atoms with Gasteiger partial charge in [-0.2, -0.15) is 4.39 Å². The zero-order chi connectivity index (χ0) is 15.6. The molecule has 0 fully saturated rings. The molecule has 8 heteroatoms.